The molecule has 1 aliphatic carbocycles. The Morgan fingerprint density at radius 1 is 1.31 bits per heavy atom. The third kappa shape index (κ3) is 2.78. The van der Waals surface area contributed by atoms with Gasteiger partial charge >= 0.3 is 0 Å². The van der Waals surface area contributed by atoms with Crippen molar-refractivity contribution in [2.45, 2.75) is 52.5 Å². The standard InChI is InChI=1S/C14H28N2/c1-4-14(2,3)10-15-9-13-12-7-5-6-11(12)8-16-13/h11-13,15-16H,4-10H2,1-3H3. The van der Waals surface area contributed by atoms with E-state index >= 15 is 0 Å². The van der Waals surface area contributed by atoms with Crippen LogP contribution in [0.5, 0.6) is 0 Å². The van der Waals surface area contributed by atoms with Gasteiger partial charge in [0, 0.05) is 19.1 Å². The molecule has 2 nitrogen and oxygen atoms in total. The monoisotopic (exact) mass is 224 g/mol. The lowest BCUT2D eigenvalue weighted by Gasteiger charge is -2.25. The average Bonchev–Trinajstić information content (AvgIpc) is 2.82. The third-order valence-electron chi connectivity index (χ3n) is 4.80. The van der Waals surface area contributed by atoms with Gasteiger partial charge in [0.05, 0.1) is 0 Å². The van der Waals surface area contributed by atoms with Crippen molar-refractivity contribution < 1.29 is 0 Å². The number of hydrogen-bond donors (Lipinski definition) is 2. The first-order valence-corrected chi connectivity index (χ1v) is 7.06. The fraction of sp³-hybridized carbons (Fsp3) is 1.00. The molecule has 2 N–H and O–H groups in total. The Balaban J connectivity index is 1.70. The van der Waals surface area contributed by atoms with E-state index in [0.29, 0.717) is 5.41 Å². The third-order valence-corrected chi connectivity index (χ3v) is 4.80. The molecule has 1 saturated carbocycles. The molecule has 0 spiro atoms. The molecular formula is C14H28N2. The highest BCUT2D eigenvalue weighted by atomic mass is 15.0. The van der Waals surface area contributed by atoms with Crippen molar-refractivity contribution in [1.82, 2.24) is 10.6 Å². The number of nitrogens with one attached hydrogen (secondary N) is 2. The smallest absolute Gasteiger partial charge is 0.0223 e. The van der Waals surface area contributed by atoms with Crippen LogP contribution in [-0.2, 0) is 0 Å². The fourth-order valence-electron chi connectivity index (χ4n) is 3.22. The molecule has 94 valence electrons. The summed E-state index contributed by atoms with van der Waals surface area (Å²) in [5.41, 5.74) is 0.452. The zero-order valence-corrected chi connectivity index (χ0v) is 11.2. The van der Waals surface area contributed by atoms with E-state index in [1.807, 2.05) is 0 Å². The van der Waals surface area contributed by atoms with Crippen molar-refractivity contribution in [3.8, 4) is 0 Å². The van der Waals surface area contributed by atoms with Gasteiger partial charge < -0.3 is 10.6 Å². The Morgan fingerprint density at radius 3 is 2.88 bits per heavy atom. The molecule has 1 heterocycles. The lowest BCUT2D eigenvalue weighted by atomic mass is 9.90. The van der Waals surface area contributed by atoms with Gasteiger partial charge in [-0.3, -0.25) is 0 Å². The molecule has 1 saturated heterocycles. The van der Waals surface area contributed by atoms with Crippen molar-refractivity contribution in [1.29, 1.82) is 0 Å². The first kappa shape index (κ1) is 12.4. The largest absolute Gasteiger partial charge is 0.315 e. The normalized spacial score (nSPS) is 34.3. The van der Waals surface area contributed by atoms with E-state index in [-0.39, 0.29) is 0 Å². The van der Waals surface area contributed by atoms with Gasteiger partial charge in [0.25, 0.3) is 0 Å². The summed E-state index contributed by atoms with van der Waals surface area (Å²) in [6, 6.07) is 0.750. The van der Waals surface area contributed by atoms with Crippen LogP contribution in [0, 0.1) is 17.3 Å². The van der Waals surface area contributed by atoms with E-state index in [2.05, 4.69) is 31.4 Å². The van der Waals surface area contributed by atoms with Gasteiger partial charge in [0.2, 0.25) is 0 Å². The quantitative estimate of drug-likeness (QED) is 0.749. The van der Waals surface area contributed by atoms with Gasteiger partial charge in [-0.1, -0.05) is 27.2 Å². The van der Waals surface area contributed by atoms with Crippen LogP contribution in [0.1, 0.15) is 46.5 Å². The highest BCUT2D eigenvalue weighted by Crippen LogP contribution is 2.37. The van der Waals surface area contributed by atoms with Crippen LogP contribution in [0.25, 0.3) is 0 Å². The van der Waals surface area contributed by atoms with E-state index < -0.39 is 0 Å². The molecular weight excluding hydrogens is 196 g/mol. The van der Waals surface area contributed by atoms with Crippen molar-refractivity contribution in [2.24, 2.45) is 17.3 Å². The molecule has 3 unspecified atom stereocenters. The molecule has 2 heteroatoms. The Kier molecular flexibility index (Phi) is 3.91. The minimum absolute atomic E-state index is 0.452. The molecule has 2 rings (SSSR count). The summed E-state index contributed by atoms with van der Waals surface area (Å²) >= 11 is 0. The van der Waals surface area contributed by atoms with E-state index in [1.165, 1.54) is 38.8 Å². The van der Waals surface area contributed by atoms with Crippen LogP contribution >= 0.6 is 0 Å². The molecule has 0 aromatic heterocycles. The summed E-state index contributed by atoms with van der Waals surface area (Å²) in [6.07, 6.45) is 5.65. The first-order chi connectivity index (χ1) is 7.62. The van der Waals surface area contributed by atoms with Crippen molar-refractivity contribution in [3.63, 3.8) is 0 Å². The van der Waals surface area contributed by atoms with Crippen LogP contribution in [-0.4, -0.2) is 25.7 Å². The zero-order valence-electron chi connectivity index (χ0n) is 11.2. The number of hydrogen-bond acceptors (Lipinski definition) is 2. The summed E-state index contributed by atoms with van der Waals surface area (Å²) < 4.78 is 0. The maximum Gasteiger partial charge on any atom is 0.0223 e. The molecule has 0 aromatic rings. The maximum absolute atomic E-state index is 3.70. The van der Waals surface area contributed by atoms with Gasteiger partial charge in [-0.15, -0.1) is 0 Å². The van der Waals surface area contributed by atoms with Crippen LogP contribution in [0.15, 0.2) is 0 Å². The SMILES string of the molecule is CCC(C)(C)CNCC1NCC2CCCC21. The second-order valence-corrected chi connectivity index (χ2v) is 6.52. The first-order valence-electron chi connectivity index (χ1n) is 7.06. The highest BCUT2D eigenvalue weighted by Gasteiger charge is 2.38. The molecule has 1 aliphatic heterocycles. The second kappa shape index (κ2) is 5.05. The molecule has 0 aromatic carbocycles. The molecule has 16 heavy (non-hydrogen) atoms. The topological polar surface area (TPSA) is 24.1 Å². The van der Waals surface area contributed by atoms with E-state index in [1.54, 1.807) is 0 Å². The molecule has 3 atom stereocenters. The molecule has 0 radical (unpaired) electrons. The maximum atomic E-state index is 3.70. The van der Waals surface area contributed by atoms with Gasteiger partial charge in [0.15, 0.2) is 0 Å². The highest BCUT2D eigenvalue weighted by molar-refractivity contribution is 4.95. The predicted molar refractivity (Wildman–Crippen MR) is 69.6 cm³/mol. The molecule has 0 bridgehead atoms. The predicted octanol–water partition coefficient (Wildman–Crippen LogP) is 2.40. The van der Waals surface area contributed by atoms with Crippen molar-refractivity contribution >= 4 is 0 Å². The summed E-state index contributed by atoms with van der Waals surface area (Å²) in [6.45, 7) is 10.6. The second-order valence-electron chi connectivity index (χ2n) is 6.52. The minimum atomic E-state index is 0.452. The van der Waals surface area contributed by atoms with Crippen molar-refractivity contribution in [2.75, 3.05) is 19.6 Å². The summed E-state index contributed by atoms with van der Waals surface area (Å²) in [4.78, 5) is 0. The van der Waals surface area contributed by atoms with Gasteiger partial charge in [0.1, 0.15) is 0 Å². The van der Waals surface area contributed by atoms with Crippen LogP contribution in [0.4, 0.5) is 0 Å². The van der Waals surface area contributed by atoms with Crippen molar-refractivity contribution in [3.05, 3.63) is 0 Å². The zero-order chi connectivity index (χ0) is 11.6. The van der Waals surface area contributed by atoms with Gasteiger partial charge in [-0.05, 0) is 43.1 Å². The fourth-order valence-corrected chi connectivity index (χ4v) is 3.22. The minimum Gasteiger partial charge on any atom is -0.315 e. The summed E-state index contributed by atoms with van der Waals surface area (Å²) in [7, 11) is 0. The van der Waals surface area contributed by atoms with Gasteiger partial charge in [-0.25, -0.2) is 0 Å². The van der Waals surface area contributed by atoms with E-state index in [4.69, 9.17) is 0 Å². The average molecular weight is 224 g/mol. The van der Waals surface area contributed by atoms with Crippen LogP contribution < -0.4 is 10.6 Å². The summed E-state index contributed by atoms with van der Waals surface area (Å²) in [5, 5.41) is 7.37. The van der Waals surface area contributed by atoms with Crippen LogP contribution in [0.3, 0.4) is 0 Å². The Morgan fingerprint density at radius 2 is 2.12 bits per heavy atom. The Hall–Kier alpha value is -0.0800. The van der Waals surface area contributed by atoms with Gasteiger partial charge in [-0.2, -0.15) is 0 Å². The molecule has 0 amide bonds. The molecule has 2 fully saturated rings. The molecule has 2 aliphatic rings. The number of rotatable bonds is 5. The number of fused-ring (bicyclic) bond motifs is 1. The Bertz CT molecular complexity index is 225. The van der Waals surface area contributed by atoms with E-state index in [9.17, 15) is 0 Å². The van der Waals surface area contributed by atoms with E-state index in [0.717, 1.165) is 24.4 Å². The summed E-state index contributed by atoms with van der Waals surface area (Å²) in [5.74, 6) is 1.96. The van der Waals surface area contributed by atoms with Crippen LogP contribution in [0.2, 0.25) is 0 Å². The lowest BCUT2D eigenvalue weighted by Crippen LogP contribution is -2.41. The Labute approximate surface area is 101 Å². The lowest BCUT2D eigenvalue weighted by molar-refractivity contribution is 0.309.